The Morgan fingerprint density at radius 1 is 1.75 bits per heavy atom. The van der Waals surface area contributed by atoms with E-state index in [1.165, 1.54) is 0 Å². The van der Waals surface area contributed by atoms with E-state index in [0.717, 1.165) is 15.9 Å². The second kappa shape index (κ2) is 4.16. The van der Waals surface area contributed by atoms with Crippen LogP contribution in [0, 0.1) is 0 Å². The summed E-state index contributed by atoms with van der Waals surface area (Å²) in [7, 11) is 0. The van der Waals surface area contributed by atoms with Crippen molar-refractivity contribution in [2.75, 3.05) is 0 Å². The molecular formula is C9H9BrN2. The fraction of sp³-hybridized carbons (Fsp3) is 0.111. The van der Waals surface area contributed by atoms with Crippen LogP contribution in [0.2, 0.25) is 0 Å². The molecule has 0 saturated heterocycles. The molecule has 1 heterocycles. The molecule has 0 unspecified atom stereocenters. The quantitative estimate of drug-likeness (QED) is 0.709. The number of hydrogen-bond acceptors (Lipinski definition) is 2. The summed E-state index contributed by atoms with van der Waals surface area (Å²) in [6, 6.07) is 3.71. The molecule has 0 radical (unpaired) electrons. The third-order valence-electron chi connectivity index (χ3n) is 1.32. The lowest BCUT2D eigenvalue weighted by Crippen LogP contribution is -1.79. The molecule has 0 bridgehead atoms. The first-order valence-corrected chi connectivity index (χ1v) is 4.29. The van der Waals surface area contributed by atoms with Crippen molar-refractivity contribution in [2.45, 2.75) is 6.92 Å². The minimum absolute atomic E-state index is 0.802. The average Bonchev–Trinajstić information content (AvgIpc) is 2.04. The molecule has 0 N–H and O–H groups in total. The van der Waals surface area contributed by atoms with Crippen molar-refractivity contribution in [3.8, 4) is 0 Å². The van der Waals surface area contributed by atoms with Crippen molar-refractivity contribution in [1.82, 2.24) is 4.98 Å². The molecule has 0 aromatic carbocycles. The van der Waals surface area contributed by atoms with Crippen LogP contribution in [0.5, 0.6) is 0 Å². The zero-order valence-corrected chi connectivity index (χ0v) is 8.37. The van der Waals surface area contributed by atoms with Gasteiger partial charge in [-0.05, 0) is 36.3 Å². The van der Waals surface area contributed by atoms with Gasteiger partial charge in [0, 0.05) is 6.20 Å². The summed E-state index contributed by atoms with van der Waals surface area (Å²) in [5.41, 5.74) is 1.64. The second-order valence-corrected chi connectivity index (χ2v) is 3.55. The van der Waals surface area contributed by atoms with E-state index < -0.39 is 0 Å². The summed E-state index contributed by atoms with van der Waals surface area (Å²) in [6.07, 6.45) is 3.64. The van der Waals surface area contributed by atoms with Gasteiger partial charge in [-0.1, -0.05) is 15.9 Å². The van der Waals surface area contributed by atoms with Crippen LogP contribution in [-0.4, -0.2) is 11.7 Å². The standard InChI is InChI=1S/C9H9BrN2/c1-7(10)6-9-8(11-2)4-3-5-12-9/h3-6H,2H2,1H3/b7-6+. The topological polar surface area (TPSA) is 25.2 Å². The predicted octanol–water partition coefficient (Wildman–Crippen LogP) is 3.17. The number of aromatic nitrogens is 1. The third kappa shape index (κ3) is 2.27. The zero-order chi connectivity index (χ0) is 8.97. The Morgan fingerprint density at radius 3 is 3.08 bits per heavy atom. The number of hydrogen-bond donors (Lipinski definition) is 0. The molecule has 0 aliphatic heterocycles. The zero-order valence-electron chi connectivity index (χ0n) is 6.79. The minimum atomic E-state index is 0.802. The number of pyridine rings is 1. The first-order valence-electron chi connectivity index (χ1n) is 3.49. The van der Waals surface area contributed by atoms with Gasteiger partial charge in [0.15, 0.2) is 0 Å². The number of aliphatic imine (C=N–C) groups is 1. The highest BCUT2D eigenvalue weighted by Crippen LogP contribution is 2.19. The van der Waals surface area contributed by atoms with Crippen molar-refractivity contribution in [1.29, 1.82) is 0 Å². The van der Waals surface area contributed by atoms with Crippen LogP contribution in [-0.2, 0) is 0 Å². The molecule has 1 aromatic rings. The minimum Gasteiger partial charge on any atom is -0.262 e. The van der Waals surface area contributed by atoms with Crippen LogP contribution in [0.1, 0.15) is 12.6 Å². The monoisotopic (exact) mass is 224 g/mol. The van der Waals surface area contributed by atoms with E-state index in [2.05, 4.69) is 32.6 Å². The largest absolute Gasteiger partial charge is 0.262 e. The highest BCUT2D eigenvalue weighted by atomic mass is 79.9. The van der Waals surface area contributed by atoms with E-state index in [0.29, 0.717) is 0 Å². The molecular weight excluding hydrogens is 216 g/mol. The molecule has 3 heteroatoms. The lowest BCUT2D eigenvalue weighted by molar-refractivity contribution is 1.28. The highest BCUT2D eigenvalue weighted by Gasteiger charge is 1.96. The van der Waals surface area contributed by atoms with Gasteiger partial charge in [-0.2, -0.15) is 0 Å². The van der Waals surface area contributed by atoms with Gasteiger partial charge in [-0.15, -0.1) is 0 Å². The first kappa shape index (κ1) is 9.13. The number of halogens is 1. The maximum Gasteiger partial charge on any atom is 0.0893 e. The number of rotatable bonds is 2. The molecule has 62 valence electrons. The summed E-state index contributed by atoms with van der Waals surface area (Å²) >= 11 is 3.33. The molecule has 1 rings (SSSR count). The van der Waals surface area contributed by atoms with Gasteiger partial charge in [-0.3, -0.25) is 9.98 Å². The van der Waals surface area contributed by atoms with Gasteiger partial charge in [-0.25, -0.2) is 0 Å². The highest BCUT2D eigenvalue weighted by molar-refractivity contribution is 9.11. The Labute approximate surface area is 80.2 Å². The van der Waals surface area contributed by atoms with Crippen LogP contribution in [0.3, 0.4) is 0 Å². The van der Waals surface area contributed by atoms with Crippen LogP contribution < -0.4 is 0 Å². The molecule has 2 nitrogen and oxygen atoms in total. The first-order chi connectivity index (χ1) is 5.74. The average molecular weight is 225 g/mol. The van der Waals surface area contributed by atoms with Gasteiger partial charge < -0.3 is 0 Å². The summed E-state index contributed by atoms with van der Waals surface area (Å²) in [5, 5.41) is 0. The lowest BCUT2D eigenvalue weighted by atomic mass is 10.3. The summed E-state index contributed by atoms with van der Waals surface area (Å²) in [4.78, 5) is 8.00. The maximum atomic E-state index is 4.15. The van der Waals surface area contributed by atoms with Crippen LogP contribution in [0.15, 0.2) is 27.8 Å². The predicted molar refractivity (Wildman–Crippen MR) is 56.0 cm³/mol. The Bertz CT molecular complexity index is 314. The van der Waals surface area contributed by atoms with Gasteiger partial charge >= 0.3 is 0 Å². The number of nitrogens with zero attached hydrogens (tertiary/aromatic N) is 2. The van der Waals surface area contributed by atoms with Crippen LogP contribution >= 0.6 is 15.9 Å². The van der Waals surface area contributed by atoms with Crippen LogP contribution in [0.25, 0.3) is 6.08 Å². The molecule has 0 spiro atoms. The molecule has 0 fully saturated rings. The molecule has 0 aliphatic carbocycles. The third-order valence-corrected chi connectivity index (χ3v) is 1.55. The normalized spacial score (nSPS) is 11.3. The molecule has 0 saturated carbocycles. The van der Waals surface area contributed by atoms with Crippen molar-refractivity contribution in [2.24, 2.45) is 4.99 Å². The lowest BCUT2D eigenvalue weighted by Gasteiger charge is -1.97. The van der Waals surface area contributed by atoms with Crippen molar-refractivity contribution in [3.63, 3.8) is 0 Å². The Morgan fingerprint density at radius 2 is 2.50 bits per heavy atom. The second-order valence-electron chi connectivity index (χ2n) is 2.30. The van der Waals surface area contributed by atoms with Crippen molar-refractivity contribution in [3.05, 3.63) is 28.5 Å². The maximum absolute atomic E-state index is 4.15. The van der Waals surface area contributed by atoms with Crippen molar-refractivity contribution < 1.29 is 0 Å². The van der Waals surface area contributed by atoms with E-state index >= 15 is 0 Å². The molecule has 0 atom stereocenters. The van der Waals surface area contributed by atoms with Gasteiger partial charge in [0.1, 0.15) is 0 Å². The Hall–Kier alpha value is -0.960. The fourth-order valence-corrected chi connectivity index (χ4v) is 1.06. The fourth-order valence-electron chi connectivity index (χ4n) is 0.842. The molecule has 12 heavy (non-hydrogen) atoms. The van der Waals surface area contributed by atoms with E-state index in [9.17, 15) is 0 Å². The number of allylic oxidation sites excluding steroid dienone is 1. The molecule has 0 amide bonds. The van der Waals surface area contributed by atoms with E-state index in [4.69, 9.17) is 0 Å². The van der Waals surface area contributed by atoms with E-state index in [1.807, 2.05) is 25.1 Å². The van der Waals surface area contributed by atoms with Gasteiger partial charge in [0.2, 0.25) is 0 Å². The van der Waals surface area contributed by atoms with Crippen molar-refractivity contribution >= 4 is 34.4 Å². The molecule has 1 aromatic heterocycles. The summed E-state index contributed by atoms with van der Waals surface area (Å²) < 4.78 is 1.02. The summed E-state index contributed by atoms with van der Waals surface area (Å²) in [6.45, 7) is 5.41. The SMILES string of the molecule is C=Nc1cccnc1/C=C(\C)Br. The van der Waals surface area contributed by atoms with E-state index in [1.54, 1.807) is 6.20 Å². The van der Waals surface area contributed by atoms with Gasteiger partial charge in [0.05, 0.1) is 11.4 Å². The smallest absolute Gasteiger partial charge is 0.0893 e. The molecule has 0 aliphatic rings. The Kier molecular flexibility index (Phi) is 3.17. The Balaban J connectivity index is 3.14. The van der Waals surface area contributed by atoms with E-state index in [-0.39, 0.29) is 0 Å². The van der Waals surface area contributed by atoms with Crippen LogP contribution in [0.4, 0.5) is 5.69 Å². The van der Waals surface area contributed by atoms with Gasteiger partial charge in [0.25, 0.3) is 0 Å². The summed E-state index contributed by atoms with van der Waals surface area (Å²) in [5.74, 6) is 0.